The molecular weight excluding hydrogens is 200 g/mol. The highest BCUT2D eigenvalue weighted by molar-refractivity contribution is 7.19. The smallest absolute Gasteiger partial charge is 0.0348 e. The van der Waals surface area contributed by atoms with Crippen LogP contribution in [0.5, 0.6) is 0 Å². The molecule has 15 heavy (non-hydrogen) atoms. The van der Waals surface area contributed by atoms with Crippen molar-refractivity contribution in [1.82, 2.24) is 0 Å². The fourth-order valence-corrected chi connectivity index (χ4v) is 3.80. The first-order valence-electron chi connectivity index (χ1n) is 5.75. The summed E-state index contributed by atoms with van der Waals surface area (Å²) in [6.07, 6.45) is 3.96. The summed E-state index contributed by atoms with van der Waals surface area (Å²) in [6.45, 7) is 4.57. The predicted molar refractivity (Wildman–Crippen MR) is 67.8 cm³/mol. The first kappa shape index (κ1) is 9.41. The maximum Gasteiger partial charge on any atom is 0.0348 e. The second-order valence-corrected chi connectivity index (χ2v) is 5.99. The Morgan fingerprint density at radius 3 is 3.07 bits per heavy atom. The summed E-state index contributed by atoms with van der Waals surface area (Å²) in [5, 5.41) is 1.53. The first-order chi connectivity index (χ1) is 7.24. The fourth-order valence-electron chi connectivity index (χ4n) is 2.57. The molecule has 0 bridgehead atoms. The quantitative estimate of drug-likeness (QED) is 0.614. The van der Waals surface area contributed by atoms with E-state index in [4.69, 9.17) is 0 Å². The lowest BCUT2D eigenvalue weighted by molar-refractivity contribution is 0.508. The van der Waals surface area contributed by atoms with E-state index in [0.717, 1.165) is 5.92 Å². The number of rotatable bonds is 0. The van der Waals surface area contributed by atoms with Gasteiger partial charge in [-0.25, -0.2) is 0 Å². The molecule has 1 heteroatoms. The van der Waals surface area contributed by atoms with Crippen molar-refractivity contribution < 1.29 is 0 Å². The summed E-state index contributed by atoms with van der Waals surface area (Å²) in [5.74, 6) is 0.871. The van der Waals surface area contributed by atoms with Crippen molar-refractivity contribution >= 4 is 21.4 Å². The molecule has 0 radical (unpaired) electrons. The minimum atomic E-state index is 0.871. The molecule has 1 atom stereocenters. The van der Waals surface area contributed by atoms with Crippen LogP contribution in [-0.2, 0) is 12.8 Å². The van der Waals surface area contributed by atoms with Gasteiger partial charge in [0.1, 0.15) is 0 Å². The number of aryl methyl sites for hydroxylation is 2. The van der Waals surface area contributed by atoms with Crippen molar-refractivity contribution in [1.29, 1.82) is 0 Å². The third-order valence-corrected chi connectivity index (χ3v) is 4.72. The van der Waals surface area contributed by atoms with Crippen LogP contribution in [0.3, 0.4) is 0 Å². The standard InChI is InChI=1S/C14H16S/c1-9-3-5-13-11(7-9)12-8-10(2)4-6-14(12)15-13/h3,5,7,10H,4,6,8H2,1-2H3. The maximum absolute atomic E-state index is 2.38. The van der Waals surface area contributed by atoms with E-state index in [1.165, 1.54) is 34.9 Å². The lowest BCUT2D eigenvalue weighted by atomic mass is 9.88. The van der Waals surface area contributed by atoms with Gasteiger partial charge in [0, 0.05) is 9.58 Å². The molecule has 0 saturated carbocycles. The zero-order valence-electron chi connectivity index (χ0n) is 9.34. The molecule has 3 rings (SSSR count). The Kier molecular flexibility index (Phi) is 2.10. The molecule has 0 fully saturated rings. The van der Waals surface area contributed by atoms with E-state index in [-0.39, 0.29) is 0 Å². The van der Waals surface area contributed by atoms with E-state index in [1.54, 1.807) is 10.4 Å². The predicted octanol–water partition coefficient (Wildman–Crippen LogP) is 4.33. The van der Waals surface area contributed by atoms with Crippen molar-refractivity contribution in [3.63, 3.8) is 0 Å². The lowest BCUT2D eigenvalue weighted by Gasteiger charge is -2.18. The van der Waals surface area contributed by atoms with Crippen LogP contribution >= 0.6 is 11.3 Å². The van der Waals surface area contributed by atoms with Gasteiger partial charge in [0.05, 0.1) is 0 Å². The molecule has 2 aromatic rings. The molecule has 1 aromatic carbocycles. The Morgan fingerprint density at radius 2 is 2.20 bits per heavy atom. The van der Waals surface area contributed by atoms with Gasteiger partial charge in [-0.15, -0.1) is 11.3 Å². The van der Waals surface area contributed by atoms with Crippen molar-refractivity contribution in [2.24, 2.45) is 5.92 Å². The minimum Gasteiger partial charge on any atom is -0.140 e. The molecule has 1 unspecified atom stereocenters. The number of hydrogen-bond donors (Lipinski definition) is 0. The average molecular weight is 216 g/mol. The van der Waals surface area contributed by atoms with Gasteiger partial charge in [0.2, 0.25) is 0 Å². The highest BCUT2D eigenvalue weighted by Gasteiger charge is 2.19. The van der Waals surface area contributed by atoms with Gasteiger partial charge in [0.15, 0.2) is 0 Å². The van der Waals surface area contributed by atoms with E-state index in [1.807, 2.05) is 11.3 Å². The van der Waals surface area contributed by atoms with Crippen LogP contribution < -0.4 is 0 Å². The molecular formula is C14H16S. The second kappa shape index (κ2) is 3.34. The van der Waals surface area contributed by atoms with Gasteiger partial charge >= 0.3 is 0 Å². The Hall–Kier alpha value is -0.820. The van der Waals surface area contributed by atoms with Crippen LogP contribution in [0.25, 0.3) is 10.1 Å². The zero-order chi connectivity index (χ0) is 10.4. The molecule has 0 aliphatic heterocycles. The molecule has 78 valence electrons. The van der Waals surface area contributed by atoms with E-state index in [2.05, 4.69) is 32.0 Å². The van der Waals surface area contributed by atoms with Crippen LogP contribution in [0, 0.1) is 12.8 Å². The highest BCUT2D eigenvalue weighted by Crippen LogP contribution is 2.38. The largest absolute Gasteiger partial charge is 0.140 e. The van der Waals surface area contributed by atoms with Gasteiger partial charge in [-0.3, -0.25) is 0 Å². The number of thiophene rings is 1. The number of benzene rings is 1. The second-order valence-electron chi connectivity index (χ2n) is 4.85. The zero-order valence-corrected chi connectivity index (χ0v) is 10.2. The van der Waals surface area contributed by atoms with Gasteiger partial charge in [-0.05, 0) is 49.1 Å². The van der Waals surface area contributed by atoms with Crippen molar-refractivity contribution in [2.75, 3.05) is 0 Å². The molecule has 1 aliphatic carbocycles. The summed E-state index contributed by atoms with van der Waals surface area (Å²) >= 11 is 2.01. The molecule has 1 heterocycles. The molecule has 0 amide bonds. The summed E-state index contributed by atoms with van der Waals surface area (Å²) < 4.78 is 1.49. The Bertz CT molecular complexity index is 507. The Labute approximate surface area is 94.9 Å². The first-order valence-corrected chi connectivity index (χ1v) is 6.56. The number of hydrogen-bond acceptors (Lipinski definition) is 1. The summed E-state index contributed by atoms with van der Waals surface area (Å²) in [6, 6.07) is 6.88. The van der Waals surface area contributed by atoms with Gasteiger partial charge in [0.25, 0.3) is 0 Å². The summed E-state index contributed by atoms with van der Waals surface area (Å²) in [5.41, 5.74) is 3.04. The third kappa shape index (κ3) is 1.50. The third-order valence-electron chi connectivity index (χ3n) is 3.45. The maximum atomic E-state index is 2.38. The molecule has 0 N–H and O–H groups in total. The fraction of sp³-hybridized carbons (Fsp3) is 0.429. The average Bonchev–Trinajstić information content (AvgIpc) is 2.56. The van der Waals surface area contributed by atoms with Gasteiger partial charge < -0.3 is 0 Å². The lowest BCUT2D eigenvalue weighted by Crippen LogP contribution is -2.08. The van der Waals surface area contributed by atoms with Crippen LogP contribution in [0.1, 0.15) is 29.3 Å². The van der Waals surface area contributed by atoms with Gasteiger partial charge in [-0.2, -0.15) is 0 Å². The minimum absolute atomic E-state index is 0.871. The molecule has 1 aromatic heterocycles. The SMILES string of the molecule is Cc1ccc2sc3c(c2c1)CC(C)CC3. The van der Waals surface area contributed by atoms with E-state index >= 15 is 0 Å². The summed E-state index contributed by atoms with van der Waals surface area (Å²) in [4.78, 5) is 1.65. The Morgan fingerprint density at radius 1 is 1.33 bits per heavy atom. The highest BCUT2D eigenvalue weighted by atomic mass is 32.1. The monoisotopic (exact) mass is 216 g/mol. The molecule has 1 aliphatic rings. The molecule has 0 spiro atoms. The van der Waals surface area contributed by atoms with Crippen LogP contribution in [0.15, 0.2) is 18.2 Å². The summed E-state index contributed by atoms with van der Waals surface area (Å²) in [7, 11) is 0. The van der Waals surface area contributed by atoms with Crippen molar-refractivity contribution in [3.8, 4) is 0 Å². The van der Waals surface area contributed by atoms with Crippen molar-refractivity contribution in [3.05, 3.63) is 34.2 Å². The topological polar surface area (TPSA) is 0 Å². The number of fused-ring (bicyclic) bond motifs is 3. The normalized spacial score (nSPS) is 20.5. The van der Waals surface area contributed by atoms with E-state index in [0.29, 0.717) is 0 Å². The molecule has 0 saturated heterocycles. The van der Waals surface area contributed by atoms with Crippen LogP contribution in [0.4, 0.5) is 0 Å². The van der Waals surface area contributed by atoms with Crippen LogP contribution in [-0.4, -0.2) is 0 Å². The van der Waals surface area contributed by atoms with Crippen LogP contribution in [0.2, 0.25) is 0 Å². The Balaban J connectivity index is 2.25. The van der Waals surface area contributed by atoms with E-state index < -0.39 is 0 Å². The molecule has 0 nitrogen and oxygen atoms in total. The van der Waals surface area contributed by atoms with E-state index in [9.17, 15) is 0 Å². The van der Waals surface area contributed by atoms with Crippen molar-refractivity contribution in [2.45, 2.75) is 33.1 Å². The van der Waals surface area contributed by atoms with Gasteiger partial charge in [-0.1, -0.05) is 24.6 Å².